The minimum atomic E-state index is 0.657. The number of rotatable bonds is 2. The average molecular weight is 242 g/mol. The van der Waals surface area contributed by atoms with Crippen molar-refractivity contribution < 1.29 is 5.21 Å². The summed E-state index contributed by atoms with van der Waals surface area (Å²) in [6.45, 7) is 3.87. The molecule has 0 unspecified atom stereocenters. The molecular weight excluding hydrogens is 230 g/mol. The van der Waals surface area contributed by atoms with Crippen LogP contribution in [0.3, 0.4) is 0 Å². The van der Waals surface area contributed by atoms with Gasteiger partial charge in [0.2, 0.25) is 0 Å². The summed E-state index contributed by atoms with van der Waals surface area (Å²) in [5.74, 6) is 0. The van der Waals surface area contributed by atoms with E-state index in [0.717, 1.165) is 16.5 Å². The van der Waals surface area contributed by atoms with Crippen molar-refractivity contribution in [2.45, 2.75) is 20.3 Å². The Morgan fingerprint density at radius 2 is 2.23 bits per heavy atom. The number of nitrogens with zero attached hydrogens (tertiary/aromatic N) is 1. The largest absolute Gasteiger partial charge is 0.411 e. The predicted molar refractivity (Wildman–Crippen MR) is 57.5 cm³/mol. The van der Waals surface area contributed by atoms with Crippen LogP contribution in [0, 0.1) is 0 Å². The second-order valence-electron chi connectivity index (χ2n) is 2.84. The smallest absolute Gasteiger partial charge is 0.0839 e. The first-order chi connectivity index (χ1) is 6.19. The zero-order chi connectivity index (χ0) is 9.84. The van der Waals surface area contributed by atoms with E-state index in [0.29, 0.717) is 5.71 Å². The quantitative estimate of drug-likeness (QED) is 0.482. The number of halogens is 1. The van der Waals surface area contributed by atoms with Gasteiger partial charge in [-0.1, -0.05) is 34.1 Å². The molecular formula is C10H12BrNO. The van der Waals surface area contributed by atoms with Crippen LogP contribution in [0.5, 0.6) is 0 Å². The van der Waals surface area contributed by atoms with Gasteiger partial charge in [0.15, 0.2) is 0 Å². The first-order valence-electron chi connectivity index (χ1n) is 4.16. The molecule has 0 aliphatic rings. The maximum absolute atomic E-state index is 8.65. The average Bonchev–Trinajstić information content (AvgIpc) is 2.16. The molecule has 0 aliphatic heterocycles. The van der Waals surface area contributed by atoms with Crippen molar-refractivity contribution in [3.8, 4) is 0 Å². The number of hydrogen-bond donors (Lipinski definition) is 1. The van der Waals surface area contributed by atoms with Crippen LogP contribution in [0.25, 0.3) is 0 Å². The van der Waals surface area contributed by atoms with Crippen molar-refractivity contribution in [2.75, 3.05) is 0 Å². The van der Waals surface area contributed by atoms with Gasteiger partial charge < -0.3 is 5.21 Å². The molecule has 3 heteroatoms. The third kappa shape index (κ3) is 2.31. The van der Waals surface area contributed by atoms with Gasteiger partial charge in [0.1, 0.15) is 0 Å². The van der Waals surface area contributed by atoms with E-state index >= 15 is 0 Å². The molecule has 0 radical (unpaired) electrons. The second kappa shape index (κ2) is 4.42. The van der Waals surface area contributed by atoms with Crippen LogP contribution in [0.2, 0.25) is 0 Å². The molecule has 0 aliphatic carbocycles. The van der Waals surface area contributed by atoms with Crippen LogP contribution in [0.1, 0.15) is 25.0 Å². The van der Waals surface area contributed by atoms with E-state index in [4.69, 9.17) is 5.21 Å². The Bertz CT molecular complexity index is 334. The third-order valence-electron chi connectivity index (χ3n) is 1.99. The molecule has 1 aromatic carbocycles. The Morgan fingerprint density at radius 3 is 2.77 bits per heavy atom. The van der Waals surface area contributed by atoms with Gasteiger partial charge in [0.05, 0.1) is 5.71 Å². The fraction of sp³-hybridized carbons (Fsp3) is 0.300. The van der Waals surface area contributed by atoms with E-state index in [1.54, 1.807) is 6.92 Å². The van der Waals surface area contributed by atoms with Gasteiger partial charge in [0.25, 0.3) is 0 Å². The highest BCUT2D eigenvalue weighted by Gasteiger charge is 2.04. The number of benzene rings is 1. The van der Waals surface area contributed by atoms with E-state index in [-0.39, 0.29) is 0 Å². The minimum Gasteiger partial charge on any atom is -0.411 e. The van der Waals surface area contributed by atoms with Crippen molar-refractivity contribution >= 4 is 21.6 Å². The Morgan fingerprint density at radius 1 is 1.54 bits per heavy atom. The van der Waals surface area contributed by atoms with Gasteiger partial charge in [-0.3, -0.25) is 0 Å². The molecule has 0 atom stereocenters. The number of oxime groups is 1. The Kier molecular flexibility index (Phi) is 3.48. The summed E-state index contributed by atoms with van der Waals surface area (Å²) in [5, 5.41) is 11.9. The van der Waals surface area contributed by atoms with Crippen LogP contribution in [0.15, 0.2) is 27.8 Å². The molecule has 0 saturated heterocycles. The molecule has 70 valence electrons. The monoisotopic (exact) mass is 241 g/mol. The lowest BCUT2D eigenvalue weighted by Gasteiger charge is -2.06. The molecule has 13 heavy (non-hydrogen) atoms. The highest BCUT2D eigenvalue weighted by atomic mass is 79.9. The molecule has 1 rings (SSSR count). The maximum Gasteiger partial charge on any atom is 0.0839 e. The van der Waals surface area contributed by atoms with E-state index in [9.17, 15) is 0 Å². The second-order valence-corrected chi connectivity index (χ2v) is 3.76. The van der Waals surface area contributed by atoms with Gasteiger partial charge >= 0.3 is 0 Å². The summed E-state index contributed by atoms with van der Waals surface area (Å²) < 4.78 is 1.05. The van der Waals surface area contributed by atoms with Crippen LogP contribution < -0.4 is 0 Å². The lowest BCUT2D eigenvalue weighted by atomic mass is 10.0. The minimum absolute atomic E-state index is 0.657. The predicted octanol–water partition coefficient (Wildman–Crippen LogP) is 3.21. The third-order valence-corrected chi connectivity index (χ3v) is 2.48. The van der Waals surface area contributed by atoms with E-state index in [2.05, 4.69) is 28.0 Å². The first-order valence-corrected chi connectivity index (χ1v) is 4.95. The molecule has 0 heterocycles. The van der Waals surface area contributed by atoms with E-state index in [1.807, 2.05) is 18.2 Å². The molecule has 0 saturated carbocycles. The van der Waals surface area contributed by atoms with Gasteiger partial charge in [-0.2, -0.15) is 0 Å². The van der Waals surface area contributed by atoms with Gasteiger partial charge in [-0.25, -0.2) is 0 Å². The molecule has 0 fully saturated rings. The normalized spacial score (nSPS) is 11.8. The first kappa shape index (κ1) is 10.3. The van der Waals surface area contributed by atoms with Crippen molar-refractivity contribution in [3.05, 3.63) is 33.8 Å². The topological polar surface area (TPSA) is 32.6 Å². The van der Waals surface area contributed by atoms with Crippen molar-refractivity contribution in [2.24, 2.45) is 5.16 Å². The summed E-state index contributed by atoms with van der Waals surface area (Å²) in [6, 6.07) is 5.95. The summed E-state index contributed by atoms with van der Waals surface area (Å²) >= 11 is 3.41. The Balaban J connectivity index is 3.21. The fourth-order valence-corrected chi connectivity index (χ4v) is 1.67. The SMILES string of the molecule is CCc1cc(Br)ccc1/C(C)=N\O. The standard InChI is InChI=1S/C10H12BrNO/c1-3-8-6-9(11)4-5-10(8)7(2)12-13/h4-6,13H,3H2,1-2H3/b12-7-. The summed E-state index contributed by atoms with van der Waals surface area (Å²) in [5.41, 5.74) is 2.85. The molecule has 0 aromatic heterocycles. The van der Waals surface area contributed by atoms with Gasteiger partial charge in [0, 0.05) is 10.0 Å². The zero-order valence-electron chi connectivity index (χ0n) is 7.71. The van der Waals surface area contributed by atoms with E-state index in [1.165, 1.54) is 5.56 Å². The van der Waals surface area contributed by atoms with Crippen LogP contribution in [0.4, 0.5) is 0 Å². The van der Waals surface area contributed by atoms with Gasteiger partial charge in [-0.15, -0.1) is 0 Å². The van der Waals surface area contributed by atoms with Crippen LogP contribution in [-0.4, -0.2) is 10.9 Å². The summed E-state index contributed by atoms with van der Waals surface area (Å²) in [7, 11) is 0. The molecule has 1 N–H and O–H groups in total. The van der Waals surface area contributed by atoms with Gasteiger partial charge in [-0.05, 0) is 31.0 Å². The number of hydrogen-bond acceptors (Lipinski definition) is 2. The zero-order valence-corrected chi connectivity index (χ0v) is 9.30. The molecule has 2 nitrogen and oxygen atoms in total. The Labute approximate surface area is 86.4 Å². The van der Waals surface area contributed by atoms with Crippen LogP contribution >= 0.6 is 15.9 Å². The highest BCUT2D eigenvalue weighted by Crippen LogP contribution is 2.17. The molecule has 1 aromatic rings. The molecule has 0 bridgehead atoms. The summed E-state index contributed by atoms with van der Waals surface area (Å²) in [4.78, 5) is 0. The summed E-state index contributed by atoms with van der Waals surface area (Å²) in [6.07, 6.45) is 0.932. The molecule has 0 amide bonds. The Hall–Kier alpha value is -0.830. The van der Waals surface area contributed by atoms with Crippen molar-refractivity contribution in [3.63, 3.8) is 0 Å². The van der Waals surface area contributed by atoms with Crippen LogP contribution in [-0.2, 0) is 6.42 Å². The lowest BCUT2D eigenvalue weighted by molar-refractivity contribution is 0.319. The van der Waals surface area contributed by atoms with E-state index < -0.39 is 0 Å². The van der Waals surface area contributed by atoms with Crippen molar-refractivity contribution in [1.82, 2.24) is 0 Å². The highest BCUT2D eigenvalue weighted by molar-refractivity contribution is 9.10. The molecule has 0 spiro atoms. The maximum atomic E-state index is 8.65. The fourth-order valence-electron chi connectivity index (χ4n) is 1.26. The number of aryl methyl sites for hydroxylation is 1. The lowest BCUT2D eigenvalue weighted by Crippen LogP contribution is -1.99. The van der Waals surface area contributed by atoms with Crippen molar-refractivity contribution in [1.29, 1.82) is 0 Å².